The van der Waals surface area contributed by atoms with E-state index in [0.29, 0.717) is 23.2 Å². The highest BCUT2D eigenvalue weighted by Crippen LogP contribution is 2.37. The van der Waals surface area contributed by atoms with Crippen LogP contribution in [-0.2, 0) is 14.6 Å². The number of thioether (sulfide) groups is 1. The van der Waals surface area contributed by atoms with Crippen molar-refractivity contribution in [3.05, 3.63) is 48.5 Å². The number of hydrogen-bond acceptors (Lipinski definition) is 8. The Morgan fingerprint density at radius 1 is 1.19 bits per heavy atom. The first-order valence-corrected chi connectivity index (χ1v) is 13.0. The van der Waals surface area contributed by atoms with Gasteiger partial charge in [-0.2, -0.15) is 0 Å². The monoisotopic (exact) mass is 475 g/mol. The number of aliphatic imine (C=N–C) groups is 1. The molecule has 0 spiro atoms. The van der Waals surface area contributed by atoms with Crippen molar-refractivity contribution in [3.63, 3.8) is 0 Å². The number of carbonyl (C=O) groups is 1. The molecule has 2 aromatic carbocycles. The molecule has 2 aliphatic heterocycles. The summed E-state index contributed by atoms with van der Waals surface area (Å²) in [5.41, 5.74) is 1.41. The van der Waals surface area contributed by atoms with E-state index in [0.717, 1.165) is 11.4 Å². The lowest BCUT2D eigenvalue weighted by atomic mass is 10.2. The Balaban J connectivity index is 1.55. The van der Waals surface area contributed by atoms with E-state index in [4.69, 9.17) is 9.47 Å². The molecular weight excluding hydrogens is 450 g/mol. The first-order valence-electron chi connectivity index (χ1n) is 10.3. The van der Waals surface area contributed by atoms with Gasteiger partial charge in [-0.15, -0.1) is 0 Å². The third kappa shape index (κ3) is 5.18. The summed E-state index contributed by atoms with van der Waals surface area (Å²) < 4.78 is 34.6. The van der Waals surface area contributed by atoms with Crippen LogP contribution in [0.2, 0.25) is 0 Å². The number of methoxy groups -OCH3 is 1. The van der Waals surface area contributed by atoms with Gasteiger partial charge in [-0.3, -0.25) is 9.79 Å². The summed E-state index contributed by atoms with van der Waals surface area (Å²) in [5.74, 6) is 1.33. The third-order valence-electron chi connectivity index (χ3n) is 5.15. The van der Waals surface area contributed by atoms with Gasteiger partial charge in [0.25, 0.3) is 0 Å². The van der Waals surface area contributed by atoms with Crippen LogP contribution < -0.4 is 19.7 Å². The van der Waals surface area contributed by atoms with Crippen LogP contribution in [0.1, 0.15) is 6.92 Å². The number of nitrogens with zero attached hydrogens (tertiary/aromatic N) is 2. The van der Waals surface area contributed by atoms with Crippen molar-refractivity contribution in [1.29, 1.82) is 0 Å². The Hall–Kier alpha value is -2.72. The highest BCUT2D eigenvalue weighted by atomic mass is 32.2. The topological polar surface area (TPSA) is 97.3 Å². The fourth-order valence-corrected chi connectivity index (χ4v) is 7.45. The van der Waals surface area contributed by atoms with Crippen molar-refractivity contribution in [2.45, 2.75) is 18.2 Å². The molecule has 2 atom stereocenters. The van der Waals surface area contributed by atoms with E-state index in [1.54, 1.807) is 31.4 Å². The van der Waals surface area contributed by atoms with Gasteiger partial charge in [0.15, 0.2) is 15.0 Å². The molecule has 10 heteroatoms. The van der Waals surface area contributed by atoms with Crippen LogP contribution in [0.15, 0.2) is 53.5 Å². The van der Waals surface area contributed by atoms with Crippen molar-refractivity contribution >= 4 is 44.0 Å². The largest absolute Gasteiger partial charge is 0.497 e. The fourth-order valence-electron chi connectivity index (χ4n) is 3.67. The Labute approximate surface area is 191 Å². The molecule has 2 aromatic rings. The number of rotatable bonds is 7. The van der Waals surface area contributed by atoms with Crippen LogP contribution in [-0.4, -0.2) is 62.6 Å². The van der Waals surface area contributed by atoms with Gasteiger partial charge in [-0.1, -0.05) is 17.8 Å². The van der Waals surface area contributed by atoms with Gasteiger partial charge < -0.3 is 19.7 Å². The van der Waals surface area contributed by atoms with E-state index in [-0.39, 0.29) is 35.2 Å². The van der Waals surface area contributed by atoms with Crippen LogP contribution in [0.5, 0.6) is 11.5 Å². The molecule has 170 valence electrons. The third-order valence-corrected chi connectivity index (χ3v) is 8.40. The maximum absolute atomic E-state index is 12.9. The summed E-state index contributed by atoms with van der Waals surface area (Å²) in [6.07, 6.45) is 0. The van der Waals surface area contributed by atoms with Crippen molar-refractivity contribution in [2.24, 2.45) is 4.99 Å². The minimum Gasteiger partial charge on any atom is -0.497 e. The van der Waals surface area contributed by atoms with Crippen molar-refractivity contribution in [3.8, 4) is 11.5 Å². The zero-order valence-corrected chi connectivity index (χ0v) is 19.5. The highest BCUT2D eigenvalue weighted by molar-refractivity contribution is 8.15. The Kier molecular flexibility index (Phi) is 6.61. The number of sulfone groups is 1. The molecule has 2 heterocycles. The van der Waals surface area contributed by atoms with Gasteiger partial charge in [0.1, 0.15) is 18.0 Å². The lowest BCUT2D eigenvalue weighted by Gasteiger charge is -2.24. The molecule has 32 heavy (non-hydrogen) atoms. The SMILES string of the molecule is CCOc1ccc(N(CC(=O)Nc2cccc(OC)c2)C2=N[C@H]3CS(=O)(=O)C[C@H]3S2)cc1. The number of amidine groups is 1. The molecule has 1 fully saturated rings. The number of ether oxygens (including phenoxy) is 2. The molecule has 2 aliphatic rings. The maximum atomic E-state index is 12.9. The van der Waals surface area contributed by atoms with E-state index in [9.17, 15) is 13.2 Å². The van der Waals surface area contributed by atoms with Gasteiger partial charge >= 0.3 is 0 Å². The van der Waals surface area contributed by atoms with E-state index < -0.39 is 9.84 Å². The zero-order chi connectivity index (χ0) is 22.7. The van der Waals surface area contributed by atoms with Gasteiger partial charge in [-0.05, 0) is 43.3 Å². The molecular formula is C22H25N3O5S2. The first kappa shape index (κ1) is 22.5. The second-order valence-electron chi connectivity index (χ2n) is 7.51. The predicted molar refractivity (Wildman–Crippen MR) is 128 cm³/mol. The molecule has 1 saturated heterocycles. The zero-order valence-electron chi connectivity index (χ0n) is 17.9. The Morgan fingerprint density at radius 3 is 2.66 bits per heavy atom. The number of hydrogen-bond donors (Lipinski definition) is 1. The quantitative estimate of drug-likeness (QED) is 0.658. The molecule has 0 bridgehead atoms. The summed E-state index contributed by atoms with van der Waals surface area (Å²) in [5, 5.41) is 3.43. The average molecular weight is 476 g/mol. The van der Waals surface area contributed by atoms with Gasteiger partial charge in [0, 0.05) is 22.7 Å². The van der Waals surface area contributed by atoms with Crippen molar-refractivity contribution in [1.82, 2.24) is 0 Å². The maximum Gasteiger partial charge on any atom is 0.244 e. The van der Waals surface area contributed by atoms with Crippen LogP contribution >= 0.6 is 11.8 Å². The van der Waals surface area contributed by atoms with Crippen LogP contribution in [0.25, 0.3) is 0 Å². The molecule has 8 nitrogen and oxygen atoms in total. The number of benzene rings is 2. The summed E-state index contributed by atoms with van der Waals surface area (Å²) >= 11 is 1.42. The molecule has 4 rings (SSSR count). The van der Waals surface area contributed by atoms with E-state index in [2.05, 4.69) is 10.3 Å². The molecule has 0 aliphatic carbocycles. The number of anilines is 2. The summed E-state index contributed by atoms with van der Waals surface area (Å²) in [6.45, 7) is 2.51. The summed E-state index contributed by atoms with van der Waals surface area (Å²) in [4.78, 5) is 19.4. The van der Waals surface area contributed by atoms with Crippen LogP contribution in [0.4, 0.5) is 11.4 Å². The number of fused-ring (bicyclic) bond motifs is 1. The minimum atomic E-state index is -3.06. The number of amides is 1. The number of nitrogens with one attached hydrogen (secondary N) is 1. The summed E-state index contributed by atoms with van der Waals surface area (Å²) in [6, 6.07) is 14.3. The minimum absolute atomic E-state index is 0.0310. The lowest BCUT2D eigenvalue weighted by Crippen LogP contribution is -2.36. The molecule has 1 amide bonds. The van der Waals surface area contributed by atoms with Crippen molar-refractivity contribution < 1.29 is 22.7 Å². The van der Waals surface area contributed by atoms with Crippen LogP contribution in [0, 0.1) is 0 Å². The Morgan fingerprint density at radius 2 is 1.97 bits per heavy atom. The average Bonchev–Trinajstić information content (AvgIpc) is 3.26. The normalized spacial score (nSPS) is 20.9. The van der Waals surface area contributed by atoms with E-state index >= 15 is 0 Å². The van der Waals surface area contributed by atoms with E-state index in [1.165, 1.54) is 11.8 Å². The standard InChI is InChI=1S/C22H25N3O5S2/c1-3-30-17-9-7-16(8-10-17)25(22-24-19-13-32(27,28)14-20(19)31-22)12-21(26)23-15-5-4-6-18(11-15)29-2/h4-11,19-20H,3,12-14H2,1-2H3,(H,23,26)/t19-,20+/m0/s1. The predicted octanol–water partition coefficient (Wildman–Crippen LogP) is 2.81. The van der Waals surface area contributed by atoms with Crippen molar-refractivity contribution in [2.75, 3.05) is 42.0 Å². The molecule has 0 aromatic heterocycles. The van der Waals surface area contributed by atoms with Gasteiger partial charge in [0.05, 0.1) is 31.3 Å². The molecule has 0 unspecified atom stereocenters. The molecule has 0 saturated carbocycles. The number of carbonyl (C=O) groups excluding carboxylic acids is 1. The second kappa shape index (κ2) is 9.41. The first-order chi connectivity index (χ1) is 15.4. The molecule has 0 radical (unpaired) electrons. The highest BCUT2D eigenvalue weighted by Gasteiger charge is 2.44. The van der Waals surface area contributed by atoms with E-state index in [1.807, 2.05) is 36.1 Å². The van der Waals surface area contributed by atoms with Crippen LogP contribution in [0.3, 0.4) is 0 Å². The van der Waals surface area contributed by atoms with Gasteiger partial charge in [0.2, 0.25) is 5.91 Å². The fraction of sp³-hybridized carbons (Fsp3) is 0.364. The summed E-state index contributed by atoms with van der Waals surface area (Å²) in [7, 11) is -1.49. The van der Waals surface area contributed by atoms with Gasteiger partial charge in [-0.25, -0.2) is 8.42 Å². The molecule has 1 N–H and O–H groups in total. The lowest BCUT2D eigenvalue weighted by molar-refractivity contribution is -0.114. The Bertz CT molecular complexity index is 1120. The second-order valence-corrected chi connectivity index (χ2v) is 10.9. The smallest absolute Gasteiger partial charge is 0.244 e.